The van der Waals surface area contributed by atoms with Crippen LogP contribution in [0.4, 0.5) is 0 Å². The number of aryl methyl sites for hydroxylation is 2. The Bertz CT molecular complexity index is 1440. The first-order valence-electron chi connectivity index (χ1n) is 19.5. The molecular weight excluding hydrogens is 657 g/mol. The van der Waals surface area contributed by atoms with Crippen molar-refractivity contribution in [2.24, 2.45) is 51.1 Å². The van der Waals surface area contributed by atoms with Crippen LogP contribution >= 0.6 is 23.2 Å². The number of aliphatic hydroxyl groups is 1. The van der Waals surface area contributed by atoms with Crippen LogP contribution in [0.5, 0.6) is 0 Å². The third-order valence-electron chi connectivity index (χ3n) is 13.8. The molecule has 2 aliphatic carbocycles. The van der Waals surface area contributed by atoms with Crippen molar-refractivity contribution < 1.29 is 9.84 Å². The van der Waals surface area contributed by atoms with Crippen molar-refractivity contribution in [2.75, 3.05) is 19.8 Å². The first-order valence-corrected chi connectivity index (χ1v) is 20.3. The van der Waals surface area contributed by atoms with E-state index in [1.54, 1.807) is 0 Å². The van der Waals surface area contributed by atoms with Crippen molar-refractivity contribution in [3.63, 3.8) is 0 Å². The van der Waals surface area contributed by atoms with Crippen molar-refractivity contribution in [2.45, 2.75) is 145 Å². The molecule has 50 heavy (non-hydrogen) atoms. The van der Waals surface area contributed by atoms with Crippen molar-refractivity contribution >= 4 is 23.2 Å². The van der Waals surface area contributed by atoms with Crippen LogP contribution in [0.1, 0.15) is 144 Å². The zero-order valence-corrected chi connectivity index (χ0v) is 35.3. The maximum atomic E-state index is 10.1. The molecule has 1 saturated heterocycles. The molecule has 1 heterocycles. The number of aliphatic hydroxyl groups excluding tert-OH is 1. The molecular formula is C45H71Cl2NO2. The summed E-state index contributed by atoms with van der Waals surface area (Å²) in [4.78, 5) is 0. The Labute approximate surface area is 316 Å². The largest absolute Gasteiger partial charge is 0.396 e. The number of hydrogen-bond donors (Lipinski definition) is 2. The summed E-state index contributed by atoms with van der Waals surface area (Å²) in [6, 6.07) is 13.2. The first kappa shape index (κ1) is 41.7. The molecule has 5 heteroatoms. The van der Waals surface area contributed by atoms with Gasteiger partial charge in [-0.3, -0.25) is 0 Å². The van der Waals surface area contributed by atoms with Gasteiger partial charge in [-0.2, -0.15) is 0 Å². The van der Waals surface area contributed by atoms with Gasteiger partial charge in [-0.15, -0.1) is 0 Å². The van der Waals surface area contributed by atoms with Gasteiger partial charge >= 0.3 is 0 Å². The van der Waals surface area contributed by atoms with Gasteiger partial charge in [0.2, 0.25) is 0 Å². The van der Waals surface area contributed by atoms with Crippen molar-refractivity contribution in [1.29, 1.82) is 0 Å². The van der Waals surface area contributed by atoms with Crippen LogP contribution in [0.15, 0.2) is 36.4 Å². The predicted molar refractivity (Wildman–Crippen MR) is 215 cm³/mol. The average molecular weight is 729 g/mol. The van der Waals surface area contributed by atoms with E-state index < -0.39 is 5.54 Å². The van der Waals surface area contributed by atoms with Crippen molar-refractivity contribution in [1.82, 2.24) is 0 Å². The van der Waals surface area contributed by atoms with E-state index in [-0.39, 0.29) is 23.4 Å². The second-order valence-corrected chi connectivity index (χ2v) is 21.2. The highest BCUT2D eigenvalue weighted by molar-refractivity contribution is 6.31. The van der Waals surface area contributed by atoms with E-state index >= 15 is 0 Å². The predicted octanol–water partition coefficient (Wildman–Crippen LogP) is 12.2. The molecule has 0 spiro atoms. The molecule has 3 N–H and O–H groups in total. The number of nitrogens with two attached hydrogens (primary N) is 1. The maximum absolute atomic E-state index is 10.1. The van der Waals surface area contributed by atoms with Crippen molar-refractivity contribution in [3.8, 4) is 0 Å². The number of fused-ring (bicyclic) bond motifs is 1. The molecule has 5 rings (SSSR count). The lowest BCUT2D eigenvalue weighted by Crippen LogP contribution is -2.55. The Morgan fingerprint density at radius 1 is 0.740 bits per heavy atom. The molecule has 0 amide bonds. The fraction of sp³-hybridized carbons (Fsp3) is 0.733. The Hall–Kier alpha value is -1.10. The molecule has 3 aliphatic rings. The molecule has 6 unspecified atom stereocenters. The van der Waals surface area contributed by atoms with Gasteiger partial charge in [0.1, 0.15) is 0 Å². The molecule has 2 aromatic rings. The lowest BCUT2D eigenvalue weighted by atomic mass is 9.53. The first-order chi connectivity index (χ1) is 23.0. The molecule has 2 saturated carbocycles. The van der Waals surface area contributed by atoms with Crippen LogP contribution in [0.25, 0.3) is 0 Å². The Balaban J connectivity index is 0.000000225. The number of benzene rings is 2. The fourth-order valence-corrected chi connectivity index (χ4v) is 9.56. The summed E-state index contributed by atoms with van der Waals surface area (Å²) in [5.74, 6) is 1.68. The quantitative estimate of drug-likeness (QED) is 0.298. The zero-order chi connectivity index (χ0) is 37.5. The lowest BCUT2D eigenvalue weighted by Gasteiger charge is -2.52. The van der Waals surface area contributed by atoms with Gasteiger partial charge in [0.05, 0.1) is 13.2 Å². The Morgan fingerprint density at radius 3 is 1.72 bits per heavy atom. The third-order valence-corrected chi connectivity index (χ3v) is 14.5. The van der Waals surface area contributed by atoms with E-state index in [0.29, 0.717) is 34.0 Å². The number of halogens is 2. The van der Waals surface area contributed by atoms with E-state index in [9.17, 15) is 5.11 Å². The zero-order valence-electron chi connectivity index (χ0n) is 33.7. The van der Waals surface area contributed by atoms with Gasteiger partial charge in [-0.1, -0.05) is 131 Å². The van der Waals surface area contributed by atoms with E-state index in [1.165, 1.54) is 29.5 Å². The molecule has 3 fully saturated rings. The molecule has 0 bridgehead atoms. The third kappa shape index (κ3) is 9.15. The normalized spacial score (nSPS) is 30.7. The van der Waals surface area contributed by atoms with Gasteiger partial charge in [0.25, 0.3) is 0 Å². The van der Waals surface area contributed by atoms with Crippen LogP contribution in [0, 0.1) is 45.3 Å². The highest BCUT2D eigenvalue weighted by Crippen LogP contribution is 2.57. The monoisotopic (exact) mass is 727 g/mol. The Morgan fingerprint density at radius 2 is 1.22 bits per heavy atom. The summed E-state index contributed by atoms with van der Waals surface area (Å²) in [5, 5.41) is 11.8. The summed E-state index contributed by atoms with van der Waals surface area (Å²) in [7, 11) is 0. The maximum Gasteiger partial charge on any atom is 0.0566 e. The summed E-state index contributed by atoms with van der Waals surface area (Å²) in [5.41, 5.74) is 12.7. The second kappa shape index (κ2) is 15.3. The average Bonchev–Trinajstić information content (AvgIpc) is 3.46. The molecule has 2 aromatic carbocycles. The van der Waals surface area contributed by atoms with Gasteiger partial charge in [-0.25, -0.2) is 0 Å². The summed E-state index contributed by atoms with van der Waals surface area (Å²) in [6.07, 6.45) is 8.71. The standard InChI is InChI=1S/C23H35ClO.C22H36ClNO/c1-16-19-14-25-15-23(19,12-11-22(16,5)6)18-8-7-17(20(24)13-18)9-10-21(2,3)4;1-15-18(14-25)22(24,12-11-21(15,5)6)17-8-7-16(19(23)13-17)9-10-20(2,3)4/h7-8,13,16,19H,9-12,14-15H2,1-6H3;7-8,13,15,18,25H,9-12,14,24H2,1-6H3. The van der Waals surface area contributed by atoms with E-state index in [4.69, 9.17) is 33.7 Å². The number of hydrogen-bond acceptors (Lipinski definition) is 3. The van der Waals surface area contributed by atoms with Crippen molar-refractivity contribution in [3.05, 3.63) is 68.7 Å². The molecule has 3 nitrogen and oxygen atoms in total. The van der Waals surface area contributed by atoms with Crippen LogP contribution in [-0.2, 0) is 28.5 Å². The SMILES string of the molecule is CC1C(CO)C(N)(c2ccc(CCC(C)(C)C)c(Cl)c2)CCC1(C)C.CC1C2COCC2(c2ccc(CCC(C)(C)C)c(Cl)c2)CCC1(C)C. The van der Waals surface area contributed by atoms with Crippen LogP contribution < -0.4 is 5.73 Å². The minimum Gasteiger partial charge on any atom is -0.396 e. The summed E-state index contributed by atoms with van der Waals surface area (Å²) in [6.45, 7) is 29.5. The van der Waals surface area contributed by atoms with Gasteiger partial charge in [0.15, 0.2) is 0 Å². The fourth-order valence-electron chi connectivity index (χ4n) is 9.01. The van der Waals surface area contributed by atoms with Crippen LogP contribution in [-0.4, -0.2) is 24.9 Å². The minimum absolute atomic E-state index is 0.0488. The minimum atomic E-state index is -0.504. The van der Waals surface area contributed by atoms with Gasteiger partial charge < -0.3 is 15.6 Å². The molecule has 6 atom stereocenters. The number of rotatable bonds is 7. The topological polar surface area (TPSA) is 55.5 Å². The second-order valence-electron chi connectivity index (χ2n) is 20.4. The highest BCUT2D eigenvalue weighted by Gasteiger charge is 2.54. The highest BCUT2D eigenvalue weighted by atomic mass is 35.5. The van der Waals surface area contributed by atoms with Gasteiger partial charge in [-0.05, 0) is 125 Å². The Kier molecular flexibility index (Phi) is 12.8. The van der Waals surface area contributed by atoms with E-state index in [1.807, 2.05) is 6.07 Å². The van der Waals surface area contributed by atoms with Crippen LogP contribution in [0.3, 0.4) is 0 Å². The molecule has 282 valence electrons. The lowest BCUT2D eigenvalue weighted by molar-refractivity contribution is -0.0129. The molecule has 0 aromatic heterocycles. The summed E-state index contributed by atoms with van der Waals surface area (Å²) < 4.78 is 6.03. The molecule has 1 aliphatic heterocycles. The van der Waals surface area contributed by atoms with Gasteiger partial charge in [0, 0.05) is 33.5 Å². The van der Waals surface area contributed by atoms with E-state index in [2.05, 4.69) is 113 Å². The van der Waals surface area contributed by atoms with Crippen LogP contribution in [0.2, 0.25) is 10.0 Å². The van der Waals surface area contributed by atoms with E-state index in [0.717, 1.165) is 67.3 Å². The number of ether oxygens (including phenoxy) is 1. The summed E-state index contributed by atoms with van der Waals surface area (Å²) >= 11 is 13.3. The molecule has 0 radical (unpaired) electrons. The smallest absolute Gasteiger partial charge is 0.0566 e.